The molecule has 18 heavy (non-hydrogen) atoms. The molecule has 3 aliphatic rings. The van der Waals surface area contributed by atoms with E-state index in [1.165, 1.54) is 32.1 Å². The van der Waals surface area contributed by atoms with E-state index in [9.17, 15) is 9.90 Å². The lowest BCUT2D eigenvalue weighted by atomic mass is 9.83. The van der Waals surface area contributed by atoms with Crippen molar-refractivity contribution >= 4 is 5.91 Å². The Labute approximate surface area is 109 Å². The largest absolute Gasteiger partial charge is 0.396 e. The first kappa shape index (κ1) is 12.5. The van der Waals surface area contributed by atoms with Crippen LogP contribution in [0.5, 0.6) is 0 Å². The fraction of sp³-hybridized carbons (Fsp3) is 0.933. The number of carbonyl (C=O) groups excluding carboxylic acids is 1. The van der Waals surface area contributed by atoms with Gasteiger partial charge in [0.05, 0.1) is 0 Å². The van der Waals surface area contributed by atoms with Gasteiger partial charge in [-0.25, -0.2) is 0 Å². The average Bonchev–Trinajstić information content (AvgIpc) is 3.01. The highest BCUT2D eigenvalue weighted by atomic mass is 16.3. The molecule has 3 heteroatoms. The molecule has 3 rings (SSSR count). The van der Waals surface area contributed by atoms with Gasteiger partial charge < -0.3 is 10.4 Å². The molecule has 3 fully saturated rings. The number of rotatable bonds is 3. The van der Waals surface area contributed by atoms with Crippen LogP contribution < -0.4 is 5.32 Å². The van der Waals surface area contributed by atoms with Crippen LogP contribution in [0.4, 0.5) is 0 Å². The Morgan fingerprint density at radius 3 is 2.61 bits per heavy atom. The second-order valence-corrected chi connectivity index (χ2v) is 6.62. The maximum atomic E-state index is 12.4. The molecule has 5 unspecified atom stereocenters. The van der Waals surface area contributed by atoms with Crippen molar-refractivity contribution in [3.05, 3.63) is 0 Å². The van der Waals surface area contributed by atoms with Gasteiger partial charge in [-0.3, -0.25) is 4.79 Å². The molecule has 3 aliphatic carbocycles. The van der Waals surface area contributed by atoms with Gasteiger partial charge in [-0.05, 0) is 43.9 Å². The van der Waals surface area contributed by atoms with E-state index in [1.807, 2.05) is 0 Å². The van der Waals surface area contributed by atoms with Crippen LogP contribution in [0, 0.1) is 23.7 Å². The molecule has 0 saturated heterocycles. The Kier molecular flexibility index (Phi) is 3.60. The van der Waals surface area contributed by atoms with E-state index >= 15 is 0 Å². The van der Waals surface area contributed by atoms with Crippen LogP contribution in [-0.4, -0.2) is 23.7 Å². The van der Waals surface area contributed by atoms with E-state index in [0.29, 0.717) is 11.8 Å². The minimum absolute atomic E-state index is 0.224. The Hall–Kier alpha value is -0.570. The standard InChI is InChI=1S/C15H25NO2/c17-9-12-3-1-2-4-14(12)16-15(18)13-8-10-5-6-11(13)7-10/h10-14,17H,1-9H2,(H,16,18). The van der Waals surface area contributed by atoms with Gasteiger partial charge in [0, 0.05) is 24.5 Å². The highest BCUT2D eigenvalue weighted by Crippen LogP contribution is 2.48. The molecule has 0 aromatic carbocycles. The fourth-order valence-corrected chi connectivity index (χ4v) is 4.47. The third-order valence-electron chi connectivity index (χ3n) is 5.55. The molecule has 3 saturated carbocycles. The molecule has 1 amide bonds. The molecule has 0 heterocycles. The number of fused-ring (bicyclic) bond motifs is 2. The third-order valence-corrected chi connectivity index (χ3v) is 5.55. The van der Waals surface area contributed by atoms with Crippen molar-refractivity contribution in [3.63, 3.8) is 0 Å². The summed E-state index contributed by atoms with van der Waals surface area (Å²) in [6.45, 7) is 0.224. The molecule has 2 N–H and O–H groups in total. The zero-order valence-corrected chi connectivity index (χ0v) is 11.1. The van der Waals surface area contributed by atoms with Crippen LogP contribution >= 0.6 is 0 Å². The van der Waals surface area contributed by atoms with Crippen LogP contribution in [0.25, 0.3) is 0 Å². The third kappa shape index (κ3) is 2.29. The van der Waals surface area contributed by atoms with Gasteiger partial charge >= 0.3 is 0 Å². The number of amides is 1. The van der Waals surface area contributed by atoms with E-state index in [-0.39, 0.29) is 24.5 Å². The van der Waals surface area contributed by atoms with Crippen LogP contribution in [0.2, 0.25) is 0 Å². The van der Waals surface area contributed by atoms with Gasteiger partial charge in [-0.2, -0.15) is 0 Å². The first-order valence-corrected chi connectivity index (χ1v) is 7.69. The number of carbonyl (C=O) groups is 1. The van der Waals surface area contributed by atoms with Gasteiger partial charge in [0.15, 0.2) is 0 Å². The second kappa shape index (κ2) is 5.20. The molecule has 0 aromatic heterocycles. The summed E-state index contributed by atoms with van der Waals surface area (Å²) in [5.74, 6) is 2.34. The SMILES string of the molecule is O=C(NC1CCCCC1CO)C1CC2CCC1C2. The van der Waals surface area contributed by atoms with Gasteiger partial charge in [-0.15, -0.1) is 0 Å². The Morgan fingerprint density at radius 2 is 1.94 bits per heavy atom. The predicted octanol–water partition coefficient (Wildman–Crippen LogP) is 2.09. The van der Waals surface area contributed by atoms with E-state index in [0.717, 1.165) is 25.2 Å². The molecular formula is C15H25NO2. The first-order valence-electron chi connectivity index (χ1n) is 7.69. The maximum absolute atomic E-state index is 12.4. The Bertz CT molecular complexity index is 318. The Balaban J connectivity index is 1.56. The summed E-state index contributed by atoms with van der Waals surface area (Å²) in [4.78, 5) is 12.4. The van der Waals surface area contributed by atoms with Crippen molar-refractivity contribution in [1.29, 1.82) is 0 Å². The van der Waals surface area contributed by atoms with Crippen molar-refractivity contribution in [2.24, 2.45) is 23.7 Å². The molecule has 3 nitrogen and oxygen atoms in total. The fourth-order valence-electron chi connectivity index (χ4n) is 4.47. The maximum Gasteiger partial charge on any atom is 0.223 e. The van der Waals surface area contributed by atoms with Crippen molar-refractivity contribution in [2.75, 3.05) is 6.61 Å². The van der Waals surface area contributed by atoms with Crippen LogP contribution in [0.15, 0.2) is 0 Å². The normalized spacial score (nSPS) is 43.1. The molecular weight excluding hydrogens is 226 g/mol. The first-order chi connectivity index (χ1) is 8.78. The summed E-state index contributed by atoms with van der Waals surface area (Å²) in [5, 5.41) is 12.6. The predicted molar refractivity (Wildman–Crippen MR) is 69.9 cm³/mol. The summed E-state index contributed by atoms with van der Waals surface area (Å²) in [5.41, 5.74) is 0. The van der Waals surface area contributed by atoms with E-state index in [4.69, 9.17) is 0 Å². The summed E-state index contributed by atoms with van der Waals surface area (Å²) in [7, 11) is 0. The van der Waals surface area contributed by atoms with Gasteiger partial charge in [0.25, 0.3) is 0 Å². The quantitative estimate of drug-likeness (QED) is 0.807. The molecule has 5 atom stereocenters. The summed E-state index contributed by atoms with van der Waals surface area (Å²) < 4.78 is 0. The second-order valence-electron chi connectivity index (χ2n) is 6.62. The highest BCUT2D eigenvalue weighted by molar-refractivity contribution is 5.79. The van der Waals surface area contributed by atoms with Crippen LogP contribution in [0.1, 0.15) is 51.4 Å². The lowest BCUT2D eigenvalue weighted by Gasteiger charge is -2.32. The number of nitrogens with one attached hydrogen (secondary N) is 1. The zero-order chi connectivity index (χ0) is 12.5. The molecule has 102 valence electrons. The number of aliphatic hydroxyl groups excluding tert-OH is 1. The molecule has 0 radical (unpaired) electrons. The summed E-state index contributed by atoms with van der Waals surface area (Å²) in [6.07, 6.45) is 9.52. The van der Waals surface area contributed by atoms with Crippen LogP contribution in [0.3, 0.4) is 0 Å². The number of hydrogen-bond donors (Lipinski definition) is 2. The monoisotopic (exact) mass is 251 g/mol. The molecule has 0 aliphatic heterocycles. The van der Waals surface area contributed by atoms with Crippen LogP contribution in [-0.2, 0) is 4.79 Å². The zero-order valence-electron chi connectivity index (χ0n) is 11.1. The highest BCUT2D eigenvalue weighted by Gasteiger charge is 2.43. The molecule has 2 bridgehead atoms. The smallest absolute Gasteiger partial charge is 0.223 e. The van der Waals surface area contributed by atoms with Gasteiger partial charge in [-0.1, -0.05) is 19.3 Å². The van der Waals surface area contributed by atoms with E-state index < -0.39 is 0 Å². The summed E-state index contributed by atoms with van der Waals surface area (Å²) >= 11 is 0. The van der Waals surface area contributed by atoms with Crippen molar-refractivity contribution in [3.8, 4) is 0 Å². The van der Waals surface area contributed by atoms with Crippen molar-refractivity contribution < 1.29 is 9.90 Å². The lowest BCUT2D eigenvalue weighted by molar-refractivity contribution is -0.128. The molecule has 0 spiro atoms. The number of hydrogen-bond acceptors (Lipinski definition) is 2. The average molecular weight is 251 g/mol. The van der Waals surface area contributed by atoms with Gasteiger partial charge in [0.2, 0.25) is 5.91 Å². The van der Waals surface area contributed by atoms with Crippen molar-refractivity contribution in [2.45, 2.75) is 57.4 Å². The Morgan fingerprint density at radius 1 is 1.11 bits per heavy atom. The van der Waals surface area contributed by atoms with E-state index in [2.05, 4.69) is 5.32 Å². The van der Waals surface area contributed by atoms with E-state index in [1.54, 1.807) is 0 Å². The minimum Gasteiger partial charge on any atom is -0.396 e. The minimum atomic E-state index is 0.224. The topological polar surface area (TPSA) is 49.3 Å². The van der Waals surface area contributed by atoms with Gasteiger partial charge in [0.1, 0.15) is 0 Å². The van der Waals surface area contributed by atoms with Crippen molar-refractivity contribution in [1.82, 2.24) is 5.32 Å². The number of aliphatic hydroxyl groups is 1. The lowest BCUT2D eigenvalue weighted by Crippen LogP contribution is -2.46. The summed E-state index contributed by atoms with van der Waals surface area (Å²) in [6, 6.07) is 0.232. The molecule has 0 aromatic rings.